The molecule has 1 N–H and O–H groups in total. The van der Waals surface area contributed by atoms with E-state index in [1.807, 2.05) is 36.4 Å². The van der Waals surface area contributed by atoms with Crippen LogP contribution in [0.1, 0.15) is 11.1 Å². The van der Waals surface area contributed by atoms with Crippen LogP contribution >= 0.6 is 0 Å². The van der Waals surface area contributed by atoms with Crippen LogP contribution in [0.2, 0.25) is 0 Å². The van der Waals surface area contributed by atoms with Crippen molar-refractivity contribution in [3.05, 3.63) is 90.1 Å². The van der Waals surface area contributed by atoms with Gasteiger partial charge in [-0.05, 0) is 23.6 Å². The molecule has 1 amide bonds. The largest absolute Gasteiger partial charge is 0.413 e. The van der Waals surface area contributed by atoms with Crippen LogP contribution in [0.5, 0.6) is 5.75 Å². The molecule has 170 valence electrons. The zero-order valence-electron chi connectivity index (χ0n) is 18.5. The number of amides is 1. The fraction of sp³-hybridized carbons (Fsp3) is 0.269. The summed E-state index contributed by atoms with van der Waals surface area (Å²) in [6, 6.07) is 22.7. The van der Waals surface area contributed by atoms with Crippen LogP contribution in [0.15, 0.2) is 79.0 Å². The minimum atomic E-state index is -0.659. The minimum absolute atomic E-state index is 0.397. The summed E-state index contributed by atoms with van der Waals surface area (Å²) in [5.41, 5.74) is 2.28. The summed E-state index contributed by atoms with van der Waals surface area (Å²) in [5.74, 6) is 1.17. The summed E-state index contributed by atoms with van der Waals surface area (Å²) in [7, 11) is 0. The van der Waals surface area contributed by atoms with Crippen LogP contribution in [0.25, 0.3) is 0 Å². The molecule has 0 radical (unpaired) electrons. The second kappa shape index (κ2) is 11.2. The Morgan fingerprint density at radius 2 is 1.64 bits per heavy atom. The Labute approximate surface area is 194 Å². The van der Waals surface area contributed by atoms with Crippen LogP contribution in [0.3, 0.4) is 0 Å². The molecule has 1 atom stereocenters. The maximum absolute atomic E-state index is 12.3. The van der Waals surface area contributed by atoms with Crippen LogP contribution in [-0.2, 0) is 17.8 Å². The molecule has 3 aromatic rings. The highest BCUT2D eigenvalue weighted by molar-refractivity contribution is 5.75. The number of piperazine rings is 1. The SMILES string of the molecule is O=CC(Cc1ccccc1)NC(=O)Oc1ccnc(N2CCN(Cc3ccccc3)CC2)c1. The van der Waals surface area contributed by atoms with Gasteiger partial charge < -0.3 is 19.7 Å². The van der Waals surface area contributed by atoms with E-state index in [0.29, 0.717) is 12.2 Å². The predicted molar refractivity (Wildman–Crippen MR) is 127 cm³/mol. The van der Waals surface area contributed by atoms with Gasteiger partial charge in [0.25, 0.3) is 0 Å². The van der Waals surface area contributed by atoms with Crippen LogP contribution in [0.4, 0.5) is 10.6 Å². The summed E-state index contributed by atoms with van der Waals surface area (Å²) in [6.07, 6.45) is 2.11. The number of nitrogens with zero attached hydrogens (tertiary/aromatic N) is 3. The van der Waals surface area contributed by atoms with Gasteiger partial charge in [0, 0.05) is 45.0 Å². The Balaban J connectivity index is 1.28. The number of benzene rings is 2. The molecule has 33 heavy (non-hydrogen) atoms. The first-order valence-electron chi connectivity index (χ1n) is 11.1. The maximum Gasteiger partial charge on any atom is 0.413 e. The molecule has 2 aromatic carbocycles. The highest BCUT2D eigenvalue weighted by Crippen LogP contribution is 2.20. The number of hydrogen-bond donors (Lipinski definition) is 1. The van der Waals surface area contributed by atoms with Gasteiger partial charge in [-0.2, -0.15) is 0 Å². The molecule has 0 saturated carbocycles. The van der Waals surface area contributed by atoms with Crippen LogP contribution in [-0.4, -0.2) is 54.5 Å². The molecule has 7 heteroatoms. The third-order valence-electron chi connectivity index (χ3n) is 5.64. The molecule has 1 aromatic heterocycles. The van der Waals surface area contributed by atoms with Crippen molar-refractivity contribution in [3.8, 4) is 5.75 Å². The first-order chi connectivity index (χ1) is 16.2. The Kier molecular flexibility index (Phi) is 7.66. The van der Waals surface area contributed by atoms with E-state index >= 15 is 0 Å². The molecule has 4 rings (SSSR count). The minimum Gasteiger partial charge on any atom is -0.410 e. The zero-order chi connectivity index (χ0) is 22.9. The topological polar surface area (TPSA) is 74.8 Å². The van der Waals surface area contributed by atoms with Crippen molar-refractivity contribution < 1.29 is 14.3 Å². The molecule has 1 aliphatic heterocycles. The van der Waals surface area contributed by atoms with Gasteiger partial charge in [0.15, 0.2) is 0 Å². The van der Waals surface area contributed by atoms with E-state index in [1.165, 1.54) is 5.56 Å². The number of carbonyl (C=O) groups is 2. The van der Waals surface area contributed by atoms with Gasteiger partial charge in [-0.3, -0.25) is 4.90 Å². The summed E-state index contributed by atoms with van der Waals surface area (Å²) in [5, 5.41) is 2.62. The molecule has 0 spiro atoms. The van der Waals surface area contributed by atoms with Crippen LogP contribution in [0, 0.1) is 0 Å². The summed E-state index contributed by atoms with van der Waals surface area (Å²) >= 11 is 0. The van der Waals surface area contributed by atoms with Crippen molar-refractivity contribution in [3.63, 3.8) is 0 Å². The van der Waals surface area contributed by atoms with Gasteiger partial charge in [-0.25, -0.2) is 9.78 Å². The lowest BCUT2D eigenvalue weighted by molar-refractivity contribution is -0.109. The van der Waals surface area contributed by atoms with Crippen molar-refractivity contribution in [1.82, 2.24) is 15.2 Å². The van der Waals surface area contributed by atoms with E-state index in [1.54, 1.807) is 18.3 Å². The number of carbonyl (C=O) groups excluding carboxylic acids is 2. The third-order valence-corrected chi connectivity index (χ3v) is 5.64. The molecule has 1 saturated heterocycles. The molecule has 1 unspecified atom stereocenters. The number of nitrogens with one attached hydrogen (secondary N) is 1. The number of hydrogen-bond acceptors (Lipinski definition) is 6. The van der Waals surface area contributed by atoms with E-state index in [-0.39, 0.29) is 0 Å². The molecular formula is C26H28N4O3. The van der Waals surface area contributed by atoms with Gasteiger partial charge in [0.05, 0.1) is 6.04 Å². The summed E-state index contributed by atoms with van der Waals surface area (Å²) < 4.78 is 5.43. The number of anilines is 1. The predicted octanol–water partition coefficient (Wildman–Crippen LogP) is 3.30. The van der Waals surface area contributed by atoms with Gasteiger partial charge >= 0.3 is 6.09 Å². The van der Waals surface area contributed by atoms with Crippen molar-refractivity contribution in [1.29, 1.82) is 0 Å². The lowest BCUT2D eigenvalue weighted by Crippen LogP contribution is -2.46. The van der Waals surface area contributed by atoms with Gasteiger partial charge in [-0.1, -0.05) is 60.7 Å². The molecule has 0 aliphatic carbocycles. The average Bonchev–Trinajstić information content (AvgIpc) is 2.85. The quantitative estimate of drug-likeness (QED) is 0.538. The van der Waals surface area contributed by atoms with Crippen molar-refractivity contribution in [2.45, 2.75) is 19.0 Å². The third kappa shape index (κ3) is 6.63. The molecule has 1 fully saturated rings. The van der Waals surface area contributed by atoms with E-state index in [4.69, 9.17) is 4.74 Å². The maximum atomic E-state index is 12.3. The molecular weight excluding hydrogens is 416 g/mol. The number of aromatic nitrogens is 1. The van der Waals surface area contributed by atoms with Crippen molar-refractivity contribution in [2.24, 2.45) is 0 Å². The van der Waals surface area contributed by atoms with Gasteiger partial charge in [0.1, 0.15) is 17.9 Å². The number of aldehydes is 1. The van der Waals surface area contributed by atoms with Gasteiger partial charge in [-0.15, -0.1) is 0 Å². The van der Waals surface area contributed by atoms with Gasteiger partial charge in [0.2, 0.25) is 0 Å². The lowest BCUT2D eigenvalue weighted by atomic mass is 10.1. The second-order valence-corrected chi connectivity index (χ2v) is 8.06. The Morgan fingerprint density at radius 1 is 0.970 bits per heavy atom. The van der Waals surface area contributed by atoms with E-state index < -0.39 is 12.1 Å². The Morgan fingerprint density at radius 3 is 2.30 bits per heavy atom. The highest BCUT2D eigenvalue weighted by Gasteiger charge is 2.19. The second-order valence-electron chi connectivity index (χ2n) is 8.06. The summed E-state index contributed by atoms with van der Waals surface area (Å²) in [6.45, 7) is 4.50. The monoisotopic (exact) mass is 444 g/mol. The summed E-state index contributed by atoms with van der Waals surface area (Å²) in [4.78, 5) is 32.8. The first-order valence-corrected chi connectivity index (χ1v) is 11.1. The highest BCUT2D eigenvalue weighted by atomic mass is 16.6. The lowest BCUT2D eigenvalue weighted by Gasteiger charge is -2.35. The zero-order valence-corrected chi connectivity index (χ0v) is 18.5. The molecule has 7 nitrogen and oxygen atoms in total. The molecule has 0 bridgehead atoms. The average molecular weight is 445 g/mol. The number of pyridine rings is 1. The first kappa shape index (κ1) is 22.5. The van der Waals surface area contributed by atoms with Crippen molar-refractivity contribution in [2.75, 3.05) is 31.1 Å². The van der Waals surface area contributed by atoms with E-state index in [0.717, 1.165) is 50.4 Å². The Hall–Kier alpha value is -3.71. The smallest absolute Gasteiger partial charge is 0.410 e. The Bertz CT molecular complexity index is 1040. The fourth-order valence-corrected chi connectivity index (χ4v) is 3.90. The number of ether oxygens (including phenoxy) is 1. The van der Waals surface area contributed by atoms with Crippen LogP contribution < -0.4 is 15.0 Å². The standard InChI is InChI=1S/C26H28N4O3/c31-20-23(17-21-7-3-1-4-8-21)28-26(32)33-24-11-12-27-25(18-24)30-15-13-29(14-16-30)19-22-9-5-2-6-10-22/h1-12,18,20,23H,13-17,19H2,(H,28,32). The van der Waals surface area contributed by atoms with E-state index in [2.05, 4.69) is 44.4 Å². The molecule has 1 aliphatic rings. The normalized spacial score (nSPS) is 15.0. The number of rotatable bonds is 8. The van der Waals surface area contributed by atoms with Crippen molar-refractivity contribution >= 4 is 18.2 Å². The fourth-order valence-electron chi connectivity index (χ4n) is 3.90. The van der Waals surface area contributed by atoms with E-state index in [9.17, 15) is 9.59 Å². The molecule has 2 heterocycles.